The number of aromatic nitrogens is 3. The lowest BCUT2D eigenvalue weighted by molar-refractivity contribution is 0.0980. The topological polar surface area (TPSA) is 97.3 Å². The van der Waals surface area contributed by atoms with Gasteiger partial charge in [-0.2, -0.15) is 0 Å². The van der Waals surface area contributed by atoms with Gasteiger partial charge in [-0.05, 0) is 19.9 Å². The molecule has 0 saturated carbocycles. The van der Waals surface area contributed by atoms with Crippen molar-refractivity contribution in [3.63, 3.8) is 0 Å². The molecule has 1 N–H and O–H groups in total. The third kappa shape index (κ3) is 6.57. The van der Waals surface area contributed by atoms with Crippen LogP contribution < -0.4 is 29.2 Å². The second-order valence-electron chi connectivity index (χ2n) is 10.4. The zero-order valence-electron chi connectivity index (χ0n) is 24.4. The fourth-order valence-corrected chi connectivity index (χ4v) is 5.33. The molecule has 0 unspecified atom stereocenters. The van der Waals surface area contributed by atoms with Crippen molar-refractivity contribution >= 4 is 17.5 Å². The Kier molecular flexibility index (Phi) is 9.38. The maximum Gasteiger partial charge on any atom is 0.227 e. The van der Waals surface area contributed by atoms with E-state index in [0.717, 1.165) is 64.0 Å². The molecule has 0 radical (unpaired) electrons. The van der Waals surface area contributed by atoms with Crippen LogP contribution in [0.1, 0.15) is 18.4 Å². The first-order chi connectivity index (χ1) is 20.4. The highest BCUT2D eigenvalue weighted by Crippen LogP contribution is 2.33. The Morgan fingerprint density at radius 1 is 0.810 bits per heavy atom. The monoisotopic (exact) mass is 585 g/mol. The van der Waals surface area contributed by atoms with Gasteiger partial charge in [-0.25, -0.2) is 23.7 Å². The number of hydrogen-bond acceptors (Lipinski definition) is 11. The molecule has 0 aliphatic carbocycles. The van der Waals surface area contributed by atoms with Crippen LogP contribution in [0.4, 0.5) is 26.2 Å². The normalized spacial score (nSPS) is 16.8. The lowest BCUT2D eigenvalue weighted by Crippen LogP contribution is -2.52. The van der Waals surface area contributed by atoms with E-state index in [1.807, 2.05) is 6.07 Å². The molecule has 2 aromatic heterocycles. The van der Waals surface area contributed by atoms with Crippen LogP contribution in [0.3, 0.4) is 0 Å². The highest BCUT2D eigenvalue weighted by Gasteiger charge is 2.28. The number of piperidine rings is 1. The van der Waals surface area contributed by atoms with Gasteiger partial charge in [-0.3, -0.25) is 4.90 Å². The summed E-state index contributed by atoms with van der Waals surface area (Å²) in [5, 5.41) is 3.11. The van der Waals surface area contributed by atoms with Gasteiger partial charge in [0.15, 0.2) is 40.5 Å². The van der Waals surface area contributed by atoms with E-state index >= 15 is 0 Å². The van der Waals surface area contributed by atoms with Gasteiger partial charge in [0.2, 0.25) is 5.95 Å². The van der Waals surface area contributed by atoms with Crippen LogP contribution in [0.15, 0.2) is 30.7 Å². The van der Waals surface area contributed by atoms with E-state index in [-0.39, 0.29) is 22.8 Å². The Hall–Kier alpha value is -3.97. The van der Waals surface area contributed by atoms with Crippen LogP contribution in [0.25, 0.3) is 0 Å². The highest BCUT2D eigenvalue weighted by atomic mass is 19.1. The van der Waals surface area contributed by atoms with Gasteiger partial charge >= 0.3 is 0 Å². The van der Waals surface area contributed by atoms with Crippen molar-refractivity contribution in [3.05, 3.63) is 47.9 Å². The van der Waals surface area contributed by atoms with Gasteiger partial charge in [0.1, 0.15) is 6.61 Å². The molecule has 0 atom stereocenters. The molecule has 0 spiro atoms. The number of ether oxygens (including phenoxy) is 4. The molecule has 226 valence electrons. The quantitative estimate of drug-likeness (QED) is 0.377. The number of likely N-dealkylation sites (N-methyl/N-ethyl adjacent to an activating group) is 1. The predicted molar refractivity (Wildman–Crippen MR) is 154 cm³/mol. The Morgan fingerprint density at radius 2 is 1.43 bits per heavy atom. The van der Waals surface area contributed by atoms with Crippen molar-refractivity contribution in [2.45, 2.75) is 25.5 Å². The molecule has 2 aliphatic heterocycles. The lowest BCUT2D eigenvalue weighted by atomic mass is 10.0. The smallest absolute Gasteiger partial charge is 0.227 e. The summed E-state index contributed by atoms with van der Waals surface area (Å²) in [6.07, 6.45) is 6.74. The maximum atomic E-state index is 14.6. The average molecular weight is 586 g/mol. The number of nitrogens with zero attached hydrogens (tertiary/aromatic N) is 6. The molecule has 13 heteroatoms. The molecule has 3 aromatic rings. The van der Waals surface area contributed by atoms with Crippen LogP contribution in [0.5, 0.6) is 23.0 Å². The third-order valence-corrected chi connectivity index (χ3v) is 7.80. The van der Waals surface area contributed by atoms with Crippen LogP contribution in [0.2, 0.25) is 0 Å². The number of rotatable bonds is 10. The lowest BCUT2D eigenvalue weighted by Gasteiger charge is -2.42. The van der Waals surface area contributed by atoms with E-state index < -0.39 is 18.2 Å². The summed E-state index contributed by atoms with van der Waals surface area (Å²) in [6.45, 7) is 5.96. The van der Waals surface area contributed by atoms with Gasteiger partial charge < -0.3 is 34.1 Å². The minimum absolute atomic E-state index is 0.146. The van der Waals surface area contributed by atoms with E-state index in [0.29, 0.717) is 23.4 Å². The van der Waals surface area contributed by atoms with E-state index in [2.05, 4.69) is 42.0 Å². The Balaban J connectivity index is 1.18. The number of halogens is 2. The first-order valence-electron chi connectivity index (χ1n) is 13.9. The maximum absolute atomic E-state index is 14.6. The number of piperazine rings is 1. The van der Waals surface area contributed by atoms with Crippen molar-refractivity contribution in [3.8, 4) is 23.0 Å². The third-order valence-electron chi connectivity index (χ3n) is 7.80. The fourth-order valence-electron chi connectivity index (χ4n) is 5.33. The first-order valence-corrected chi connectivity index (χ1v) is 13.9. The van der Waals surface area contributed by atoms with Crippen LogP contribution in [-0.4, -0.2) is 98.4 Å². The Bertz CT molecular complexity index is 1320. The second kappa shape index (κ2) is 13.3. The summed E-state index contributed by atoms with van der Waals surface area (Å²) < 4.78 is 50.4. The predicted octanol–water partition coefficient (Wildman–Crippen LogP) is 3.71. The second-order valence-corrected chi connectivity index (χ2v) is 10.4. The zero-order chi connectivity index (χ0) is 29.6. The summed E-state index contributed by atoms with van der Waals surface area (Å²) in [5.74, 6) is -0.00670. The van der Waals surface area contributed by atoms with Gasteiger partial charge in [-0.1, -0.05) is 0 Å². The van der Waals surface area contributed by atoms with E-state index in [1.165, 1.54) is 26.6 Å². The van der Waals surface area contributed by atoms with Crippen molar-refractivity contribution < 1.29 is 27.7 Å². The Morgan fingerprint density at radius 3 is 2.02 bits per heavy atom. The van der Waals surface area contributed by atoms with E-state index in [9.17, 15) is 8.78 Å². The molecule has 2 aliphatic rings. The molecule has 2 saturated heterocycles. The fraction of sp³-hybridized carbons (Fsp3) is 0.483. The minimum Gasteiger partial charge on any atom is -0.494 e. The molecule has 42 heavy (non-hydrogen) atoms. The van der Waals surface area contributed by atoms with Crippen molar-refractivity contribution in [2.24, 2.45) is 0 Å². The van der Waals surface area contributed by atoms with Crippen LogP contribution in [-0.2, 0) is 6.61 Å². The number of pyridine rings is 1. The minimum atomic E-state index is -0.862. The summed E-state index contributed by atoms with van der Waals surface area (Å²) in [6, 6.07) is 3.62. The van der Waals surface area contributed by atoms with Crippen molar-refractivity contribution in [1.82, 2.24) is 24.8 Å². The van der Waals surface area contributed by atoms with E-state index in [4.69, 9.17) is 18.9 Å². The molecule has 11 nitrogen and oxygen atoms in total. The van der Waals surface area contributed by atoms with E-state index in [1.54, 1.807) is 13.3 Å². The number of methoxy groups -OCH3 is 3. The number of benzene rings is 1. The van der Waals surface area contributed by atoms with Crippen LogP contribution >= 0.6 is 0 Å². The van der Waals surface area contributed by atoms with Gasteiger partial charge in [0.25, 0.3) is 0 Å². The summed E-state index contributed by atoms with van der Waals surface area (Å²) in [5.41, 5.74) is 0.333. The number of hydrogen-bond donors (Lipinski definition) is 1. The number of nitrogens with one attached hydrogen (secondary N) is 1. The molecule has 5 rings (SSSR count). The molecule has 0 bridgehead atoms. The zero-order valence-corrected chi connectivity index (χ0v) is 24.4. The van der Waals surface area contributed by atoms with Gasteiger partial charge in [-0.15, -0.1) is 0 Å². The SMILES string of the molecule is COc1cc(Nc2ncc(OCc3c(F)c(OC)cc(OC)c3F)cn2)cnc1N1CCC(N2CCN(C)CC2)CC1. The van der Waals surface area contributed by atoms with Crippen molar-refractivity contribution in [1.29, 1.82) is 0 Å². The summed E-state index contributed by atoms with van der Waals surface area (Å²) in [4.78, 5) is 20.5. The van der Waals surface area contributed by atoms with Crippen LogP contribution in [0, 0.1) is 11.6 Å². The first kappa shape index (κ1) is 29.5. The largest absolute Gasteiger partial charge is 0.494 e. The van der Waals surface area contributed by atoms with Gasteiger partial charge in [0, 0.05) is 57.4 Å². The van der Waals surface area contributed by atoms with Gasteiger partial charge in [0.05, 0.1) is 51.2 Å². The summed E-state index contributed by atoms with van der Waals surface area (Å²) in [7, 11) is 6.39. The molecule has 1 aromatic carbocycles. The highest BCUT2D eigenvalue weighted by molar-refractivity contribution is 5.62. The standard InChI is InChI=1S/C29H37F2N7O4/c1-36-9-11-37(12-10-36)20-5-7-38(8-6-20)28-25(41-4)13-19(15-32-28)35-29-33-16-21(17-34-29)42-18-22-26(30)23(39-2)14-24(40-3)27(22)31/h13-17,20H,5-12,18H2,1-4H3,(H,33,34,35). The Labute approximate surface area is 244 Å². The molecule has 4 heterocycles. The molecular formula is C29H37F2N7O4. The average Bonchev–Trinajstić information content (AvgIpc) is 3.02. The molecule has 2 fully saturated rings. The number of anilines is 3. The molecule has 0 amide bonds. The van der Waals surface area contributed by atoms with Crippen molar-refractivity contribution in [2.75, 3.05) is 77.9 Å². The molecular weight excluding hydrogens is 548 g/mol. The summed E-state index contributed by atoms with van der Waals surface area (Å²) >= 11 is 0.